The monoisotopic (exact) mass is 520 g/mol. The van der Waals surface area contributed by atoms with Crippen LogP contribution in [0.25, 0.3) is 0 Å². The molecule has 2 amide bonds. The summed E-state index contributed by atoms with van der Waals surface area (Å²) in [6.45, 7) is 1.75. The number of nitrogens with one attached hydrogen (secondary N) is 1. The van der Waals surface area contributed by atoms with Crippen molar-refractivity contribution in [3.05, 3.63) is 35.3 Å². The summed E-state index contributed by atoms with van der Waals surface area (Å²) >= 11 is 1.32. The number of carbonyl (C=O) groups excluding carboxylic acids is 2. The first-order valence-electron chi connectivity index (χ1n) is 11.9. The Hall–Kier alpha value is -2.50. The van der Waals surface area contributed by atoms with Gasteiger partial charge in [-0.15, -0.1) is 11.3 Å². The number of aryl methyl sites for hydroxylation is 1. The number of rotatable bonds is 8. The molecule has 1 aromatic heterocycles. The highest BCUT2D eigenvalue weighted by atomic mass is 32.2. The Bertz CT molecular complexity index is 1150. The second kappa shape index (κ2) is 11.0. The minimum atomic E-state index is -3.95. The van der Waals surface area contributed by atoms with Gasteiger partial charge in [0.1, 0.15) is 16.7 Å². The van der Waals surface area contributed by atoms with Crippen LogP contribution in [-0.2, 0) is 19.6 Å². The lowest BCUT2D eigenvalue weighted by atomic mass is 9.84. The number of amides is 2. The molecule has 2 aliphatic rings. The van der Waals surface area contributed by atoms with E-state index in [1.165, 1.54) is 29.2 Å². The van der Waals surface area contributed by atoms with Gasteiger partial charge in [-0.3, -0.25) is 9.59 Å². The van der Waals surface area contributed by atoms with Crippen molar-refractivity contribution in [3.8, 4) is 5.75 Å². The molecule has 0 spiro atoms. The summed E-state index contributed by atoms with van der Waals surface area (Å²) in [5.41, 5.74) is 0.778. The van der Waals surface area contributed by atoms with E-state index in [2.05, 4.69) is 10.3 Å². The standard InChI is InChI=1S/C24H32N4O5S2/c1-17-8-9-20(33-2)21(14-17)35(31,32)27-11-12-28(22(29)16-27)19(15-18-6-4-3-5-7-18)23(30)26-24-25-10-13-34-24/h8-10,13-14,18-19H,3-7,11-12,15-16H2,1-2H3,(H,25,26,30). The van der Waals surface area contributed by atoms with Crippen LogP contribution in [0.5, 0.6) is 5.75 Å². The summed E-state index contributed by atoms with van der Waals surface area (Å²) in [4.78, 5) is 32.3. The van der Waals surface area contributed by atoms with Gasteiger partial charge < -0.3 is 15.0 Å². The lowest BCUT2D eigenvalue weighted by Crippen LogP contribution is -2.58. The van der Waals surface area contributed by atoms with E-state index in [0.29, 0.717) is 17.5 Å². The van der Waals surface area contributed by atoms with E-state index in [9.17, 15) is 18.0 Å². The second-order valence-electron chi connectivity index (χ2n) is 9.16. The number of nitrogens with zero attached hydrogens (tertiary/aromatic N) is 3. The van der Waals surface area contributed by atoms with Crippen LogP contribution in [0.3, 0.4) is 0 Å². The number of carbonyl (C=O) groups is 2. The number of aromatic nitrogens is 1. The number of ether oxygens (including phenoxy) is 1. The minimum absolute atomic E-state index is 0.0431. The molecule has 11 heteroatoms. The van der Waals surface area contributed by atoms with Crippen molar-refractivity contribution in [2.24, 2.45) is 5.92 Å². The maximum atomic E-state index is 13.4. The summed E-state index contributed by atoms with van der Waals surface area (Å²) in [6.07, 6.45) is 7.72. The quantitative estimate of drug-likeness (QED) is 0.572. The first kappa shape index (κ1) is 25.6. The number of methoxy groups -OCH3 is 1. The Labute approximate surface area is 210 Å². The molecule has 1 N–H and O–H groups in total. The molecular weight excluding hydrogens is 488 g/mol. The molecule has 1 unspecified atom stereocenters. The molecule has 1 atom stereocenters. The van der Waals surface area contributed by atoms with E-state index in [0.717, 1.165) is 31.2 Å². The van der Waals surface area contributed by atoms with Gasteiger partial charge in [0.25, 0.3) is 0 Å². The number of sulfonamides is 1. The first-order valence-corrected chi connectivity index (χ1v) is 14.3. The van der Waals surface area contributed by atoms with Crippen LogP contribution in [0.2, 0.25) is 0 Å². The van der Waals surface area contributed by atoms with Crippen LogP contribution in [0, 0.1) is 12.8 Å². The normalized spacial score (nSPS) is 18.9. The Morgan fingerprint density at radius 2 is 2.03 bits per heavy atom. The highest BCUT2D eigenvalue weighted by Crippen LogP contribution is 2.32. The number of hydrogen-bond acceptors (Lipinski definition) is 7. The van der Waals surface area contributed by atoms with Gasteiger partial charge in [0.05, 0.1) is 13.7 Å². The Morgan fingerprint density at radius 1 is 1.26 bits per heavy atom. The van der Waals surface area contributed by atoms with E-state index in [-0.39, 0.29) is 42.1 Å². The van der Waals surface area contributed by atoms with Gasteiger partial charge in [0.2, 0.25) is 21.8 Å². The van der Waals surface area contributed by atoms with Crippen LogP contribution < -0.4 is 10.1 Å². The predicted octanol–water partition coefficient (Wildman–Crippen LogP) is 3.27. The van der Waals surface area contributed by atoms with Crippen LogP contribution in [0.4, 0.5) is 5.13 Å². The van der Waals surface area contributed by atoms with Gasteiger partial charge in [-0.05, 0) is 37.0 Å². The molecule has 4 rings (SSSR count). The van der Waals surface area contributed by atoms with E-state index in [4.69, 9.17) is 4.74 Å². The van der Waals surface area contributed by atoms with E-state index >= 15 is 0 Å². The van der Waals surface area contributed by atoms with Crippen molar-refractivity contribution < 1.29 is 22.7 Å². The average molecular weight is 521 g/mol. The van der Waals surface area contributed by atoms with Crippen molar-refractivity contribution in [1.82, 2.24) is 14.2 Å². The largest absolute Gasteiger partial charge is 0.495 e. The smallest absolute Gasteiger partial charge is 0.248 e. The van der Waals surface area contributed by atoms with Crippen LogP contribution in [-0.4, -0.2) is 67.2 Å². The van der Waals surface area contributed by atoms with Gasteiger partial charge in [-0.1, -0.05) is 38.2 Å². The van der Waals surface area contributed by atoms with Crippen LogP contribution >= 0.6 is 11.3 Å². The number of thiazole rings is 1. The summed E-state index contributed by atoms with van der Waals surface area (Å²) in [5.74, 6) is -0.0394. The van der Waals surface area contributed by atoms with E-state index < -0.39 is 16.1 Å². The lowest BCUT2D eigenvalue weighted by molar-refractivity contribution is -0.142. The van der Waals surface area contributed by atoms with Gasteiger partial charge in [-0.2, -0.15) is 4.31 Å². The third kappa shape index (κ3) is 5.84. The lowest BCUT2D eigenvalue weighted by Gasteiger charge is -2.39. The molecule has 35 heavy (non-hydrogen) atoms. The maximum absolute atomic E-state index is 13.4. The SMILES string of the molecule is COc1ccc(C)cc1S(=O)(=O)N1CCN(C(CC2CCCCC2)C(=O)Nc2nccs2)C(=O)C1. The van der Waals surface area contributed by atoms with Crippen LogP contribution in [0.15, 0.2) is 34.7 Å². The summed E-state index contributed by atoms with van der Waals surface area (Å²) in [6, 6.07) is 4.28. The third-order valence-corrected chi connectivity index (χ3v) is 9.34. The van der Waals surface area contributed by atoms with Crippen molar-refractivity contribution in [1.29, 1.82) is 0 Å². The molecule has 1 saturated heterocycles. The number of anilines is 1. The molecule has 2 heterocycles. The first-order chi connectivity index (χ1) is 16.8. The molecule has 1 aliphatic carbocycles. The molecule has 1 saturated carbocycles. The fraction of sp³-hybridized carbons (Fsp3) is 0.542. The zero-order chi connectivity index (χ0) is 25.0. The molecule has 1 aromatic carbocycles. The molecule has 190 valence electrons. The molecule has 2 fully saturated rings. The van der Waals surface area contributed by atoms with Gasteiger partial charge in [0.15, 0.2) is 5.13 Å². The molecule has 9 nitrogen and oxygen atoms in total. The Balaban J connectivity index is 1.53. The average Bonchev–Trinajstić information content (AvgIpc) is 3.36. The van der Waals surface area contributed by atoms with Crippen molar-refractivity contribution in [3.63, 3.8) is 0 Å². The maximum Gasteiger partial charge on any atom is 0.248 e. The predicted molar refractivity (Wildman–Crippen MR) is 134 cm³/mol. The van der Waals surface area contributed by atoms with Gasteiger partial charge in [0, 0.05) is 24.7 Å². The van der Waals surface area contributed by atoms with Crippen molar-refractivity contribution in [2.45, 2.75) is 56.4 Å². The zero-order valence-electron chi connectivity index (χ0n) is 20.1. The van der Waals surface area contributed by atoms with Crippen molar-refractivity contribution in [2.75, 3.05) is 32.1 Å². The molecule has 0 radical (unpaired) electrons. The highest BCUT2D eigenvalue weighted by molar-refractivity contribution is 7.89. The van der Waals surface area contributed by atoms with Gasteiger partial charge in [-0.25, -0.2) is 13.4 Å². The summed E-state index contributed by atoms with van der Waals surface area (Å²) in [7, 11) is -2.53. The molecule has 2 aromatic rings. The fourth-order valence-electron chi connectivity index (χ4n) is 4.91. The van der Waals surface area contributed by atoms with Gasteiger partial charge >= 0.3 is 0 Å². The summed E-state index contributed by atoms with van der Waals surface area (Å²) < 4.78 is 33.2. The van der Waals surface area contributed by atoms with E-state index in [1.807, 2.05) is 0 Å². The minimum Gasteiger partial charge on any atom is -0.495 e. The molecular formula is C24H32N4O5S2. The Morgan fingerprint density at radius 3 is 2.69 bits per heavy atom. The highest BCUT2D eigenvalue weighted by Gasteiger charge is 2.40. The molecule has 0 bridgehead atoms. The van der Waals surface area contributed by atoms with Crippen molar-refractivity contribution >= 4 is 38.3 Å². The van der Waals surface area contributed by atoms with E-state index in [1.54, 1.807) is 41.6 Å². The fourth-order valence-corrected chi connectivity index (χ4v) is 7.07. The topological polar surface area (TPSA) is 109 Å². The number of benzene rings is 1. The third-order valence-electron chi connectivity index (χ3n) is 6.78. The van der Waals surface area contributed by atoms with Crippen LogP contribution in [0.1, 0.15) is 44.1 Å². The molecule has 1 aliphatic heterocycles. The summed E-state index contributed by atoms with van der Waals surface area (Å²) in [5, 5.41) is 5.11. The number of piperazine rings is 1. The zero-order valence-corrected chi connectivity index (χ0v) is 21.7. The second-order valence-corrected chi connectivity index (χ2v) is 12.0. The Kier molecular flexibility index (Phi) is 8.08. The number of hydrogen-bond donors (Lipinski definition) is 1.